The van der Waals surface area contributed by atoms with Gasteiger partial charge in [0.05, 0.1) is 0 Å². The Kier molecular flexibility index (Phi) is 2.49. The zero-order valence-corrected chi connectivity index (χ0v) is 7.93. The van der Waals surface area contributed by atoms with Gasteiger partial charge in [-0.2, -0.15) is 4.98 Å². The van der Waals surface area contributed by atoms with Gasteiger partial charge in [0.15, 0.2) is 0 Å². The van der Waals surface area contributed by atoms with Crippen molar-refractivity contribution in [1.29, 1.82) is 0 Å². The van der Waals surface area contributed by atoms with E-state index in [0.29, 0.717) is 11.9 Å². The summed E-state index contributed by atoms with van der Waals surface area (Å²) in [7, 11) is 0. The first-order chi connectivity index (χ1) is 6.79. The number of nitrogen functional groups attached to an aromatic ring is 1. The van der Waals surface area contributed by atoms with Gasteiger partial charge in [-0.25, -0.2) is 4.98 Å². The molecule has 1 aromatic rings. The Balaban J connectivity index is 2.09. The van der Waals surface area contributed by atoms with Gasteiger partial charge < -0.3 is 15.7 Å². The van der Waals surface area contributed by atoms with Crippen molar-refractivity contribution in [2.75, 3.05) is 30.3 Å². The number of anilines is 2. The highest BCUT2D eigenvalue weighted by atomic mass is 16.3. The molecule has 0 saturated carbocycles. The Bertz CT molecular complexity index is 317. The summed E-state index contributed by atoms with van der Waals surface area (Å²) in [6.07, 6.45) is 2.67. The number of rotatable bonds is 2. The molecule has 0 radical (unpaired) electrons. The number of aliphatic hydroxyl groups is 1. The number of hydrogen-bond donors (Lipinski definition) is 2. The molecular formula is C9H14N4O. The SMILES string of the molecule is Nc1nccc(N2CCC(CO)C2)n1. The van der Waals surface area contributed by atoms with Crippen LogP contribution in [0.15, 0.2) is 12.3 Å². The maximum Gasteiger partial charge on any atom is 0.221 e. The summed E-state index contributed by atoms with van der Waals surface area (Å²) in [6, 6.07) is 1.84. The monoisotopic (exact) mass is 194 g/mol. The normalized spacial score (nSPS) is 21.5. The van der Waals surface area contributed by atoms with E-state index in [-0.39, 0.29) is 6.61 Å². The fraction of sp³-hybridized carbons (Fsp3) is 0.556. The number of aromatic nitrogens is 2. The van der Waals surface area contributed by atoms with Gasteiger partial charge in [0, 0.05) is 31.8 Å². The van der Waals surface area contributed by atoms with Gasteiger partial charge >= 0.3 is 0 Å². The Morgan fingerprint density at radius 3 is 3.14 bits per heavy atom. The van der Waals surface area contributed by atoms with Crippen LogP contribution in [-0.4, -0.2) is 34.8 Å². The van der Waals surface area contributed by atoms with E-state index >= 15 is 0 Å². The molecule has 0 spiro atoms. The van der Waals surface area contributed by atoms with Crippen LogP contribution in [0.25, 0.3) is 0 Å². The van der Waals surface area contributed by atoms with Gasteiger partial charge in [0.2, 0.25) is 5.95 Å². The largest absolute Gasteiger partial charge is 0.396 e. The molecule has 1 aromatic heterocycles. The van der Waals surface area contributed by atoms with Crippen LogP contribution in [0, 0.1) is 5.92 Å². The van der Waals surface area contributed by atoms with Crippen LogP contribution in [0.1, 0.15) is 6.42 Å². The van der Waals surface area contributed by atoms with Gasteiger partial charge in [-0.3, -0.25) is 0 Å². The third-order valence-electron chi connectivity index (χ3n) is 2.53. The topological polar surface area (TPSA) is 75.3 Å². The minimum absolute atomic E-state index is 0.247. The summed E-state index contributed by atoms with van der Waals surface area (Å²) < 4.78 is 0. The summed E-state index contributed by atoms with van der Waals surface area (Å²) in [5.74, 6) is 1.52. The van der Waals surface area contributed by atoms with E-state index in [1.54, 1.807) is 6.20 Å². The maximum absolute atomic E-state index is 9.00. The lowest BCUT2D eigenvalue weighted by Gasteiger charge is -2.16. The maximum atomic E-state index is 9.00. The number of aliphatic hydroxyl groups excluding tert-OH is 1. The molecule has 2 rings (SSSR count). The second kappa shape index (κ2) is 3.79. The van der Waals surface area contributed by atoms with Gasteiger partial charge in [-0.05, 0) is 12.5 Å². The average Bonchev–Trinajstić information content (AvgIpc) is 2.66. The highest BCUT2D eigenvalue weighted by Gasteiger charge is 2.22. The molecule has 1 saturated heterocycles. The molecule has 3 N–H and O–H groups in total. The van der Waals surface area contributed by atoms with Crippen LogP contribution in [0.5, 0.6) is 0 Å². The fourth-order valence-corrected chi connectivity index (χ4v) is 1.73. The number of hydrogen-bond acceptors (Lipinski definition) is 5. The van der Waals surface area contributed by atoms with Crippen molar-refractivity contribution in [3.8, 4) is 0 Å². The zero-order valence-electron chi connectivity index (χ0n) is 7.93. The van der Waals surface area contributed by atoms with Crippen molar-refractivity contribution in [2.24, 2.45) is 5.92 Å². The fourth-order valence-electron chi connectivity index (χ4n) is 1.73. The van der Waals surface area contributed by atoms with Gasteiger partial charge in [0.25, 0.3) is 0 Å². The summed E-state index contributed by atoms with van der Waals surface area (Å²) in [5.41, 5.74) is 5.50. The van der Waals surface area contributed by atoms with E-state index in [9.17, 15) is 0 Å². The molecular weight excluding hydrogens is 180 g/mol. The van der Waals surface area contributed by atoms with E-state index in [0.717, 1.165) is 25.3 Å². The highest BCUT2D eigenvalue weighted by Crippen LogP contribution is 2.21. The van der Waals surface area contributed by atoms with Gasteiger partial charge in [0.1, 0.15) is 5.82 Å². The Morgan fingerprint density at radius 2 is 2.50 bits per heavy atom. The molecule has 14 heavy (non-hydrogen) atoms. The van der Waals surface area contributed by atoms with Crippen LogP contribution >= 0.6 is 0 Å². The van der Waals surface area contributed by atoms with E-state index in [1.807, 2.05) is 6.07 Å². The molecule has 1 aliphatic heterocycles. The molecule has 5 nitrogen and oxygen atoms in total. The molecule has 0 aromatic carbocycles. The molecule has 1 fully saturated rings. The smallest absolute Gasteiger partial charge is 0.221 e. The zero-order chi connectivity index (χ0) is 9.97. The van der Waals surface area contributed by atoms with Crippen molar-refractivity contribution in [3.63, 3.8) is 0 Å². The first-order valence-electron chi connectivity index (χ1n) is 4.74. The third-order valence-corrected chi connectivity index (χ3v) is 2.53. The predicted octanol–water partition coefficient (Wildman–Crippen LogP) is -0.123. The summed E-state index contributed by atoms with van der Waals surface area (Å²) in [5, 5.41) is 9.00. The van der Waals surface area contributed by atoms with Crippen LogP contribution in [-0.2, 0) is 0 Å². The van der Waals surface area contributed by atoms with Crippen molar-refractivity contribution in [1.82, 2.24) is 9.97 Å². The van der Waals surface area contributed by atoms with Gasteiger partial charge in [-0.15, -0.1) is 0 Å². The van der Waals surface area contributed by atoms with E-state index in [4.69, 9.17) is 10.8 Å². The lowest BCUT2D eigenvalue weighted by Crippen LogP contribution is -2.22. The van der Waals surface area contributed by atoms with E-state index < -0.39 is 0 Å². The lowest BCUT2D eigenvalue weighted by atomic mass is 10.1. The Hall–Kier alpha value is -1.36. The molecule has 1 atom stereocenters. The summed E-state index contributed by atoms with van der Waals surface area (Å²) in [4.78, 5) is 10.1. The minimum atomic E-state index is 0.247. The molecule has 2 heterocycles. The minimum Gasteiger partial charge on any atom is -0.396 e. The van der Waals surface area contributed by atoms with Crippen LogP contribution in [0.2, 0.25) is 0 Å². The third kappa shape index (κ3) is 1.77. The average molecular weight is 194 g/mol. The number of nitrogens with two attached hydrogens (primary N) is 1. The standard InChI is InChI=1S/C9H14N4O/c10-9-11-3-1-8(12-9)13-4-2-7(5-13)6-14/h1,3,7,14H,2,4-6H2,(H2,10,11,12). The lowest BCUT2D eigenvalue weighted by molar-refractivity contribution is 0.238. The Morgan fingerprint density at radius 1 is 1.64 bits per heavy atom. The first kappa shape index (κ1) is 9.21. The second-order valence-electron chi connectivity index (χ2n) is 3.56. The molecule has 1 aliphatic rings. The van der Waals surface area contributed by atoms with Crippen molar-refractivity contribution >= 4 is 11.8 Å². The molecule has 76 valence electrons. The molecule has 0 amide bonds. The van der Waals surface area contributed by atoms with Crippen LogP contribution < -0.4 is 10.6 Å². The van der Waals surface area contributed by atoms with Crippen molar-refractivity contribution < 1.29 is 5.11 Å². The van der Waals surface area contributed by atoms with Crippen molar-refractivity contribution in [3.05, 3.63) is 12.3 Å². The van der Waals surface area contributed by atoms with Crippen LogP contribution in [0.3, 0.4) is 0 Å². The Labute approximate surface area is 82.6 Å². The van der Waals surface area contributed by atoms with Crippen molar-refractivity contribution in [2.45, 2.75) is 6.42 Å². The molecule has 0 bridgehead atoms. The van der Waals surface area contributed by atoms with Crippen LogP contribution in [0.4, 0.5) is 11.8 Å². The quantitative estimate of drug-likeness (QED) is 0.686. The summed E-state index contributed by atoms with van der Waals surface area (Å²) >= 11 is 0. The number of nitrogens with zero attached hydrogens (tertiary/aromatic N) is 3. The predicted molar refractivity (Wildman–Crippen MR) is 53.9 cm³/mol. The summed E-state index contributed by atoms with van der Waals surface area (Å²) in [6.45, 7) is 2.03. The van der Waals surface area contributed by atoms with E-state index in [2.05, 4.69) is 14.9 Å². The first-order valence-corrected chi connectivity index (χ1v) is 4.74. The molecule has 5 heteroatoms. The second-order valence-corrected chi connectivity index (χ2v) is 3.56. The highest BCUT2D eigenvalue weighted by molar-refractivity contribution is 5.41. The molecule has 0 aliphatic carbocycles. The van der Waals surface area contributed by atoms with Gasteiger partial charge in [-0.1, -0.05) is 0 Å². The molecule has 1 unspecified atom stereocenters. The van der Waals surface area contributed by atoms with E-state index in [1.165, 1.54) is 0 Å².